The number of ether oxygens (including phenoxy) is 2. The molecule has 88 valence electrons. The lowest BCUT2D eigenvalue weighted by molar-refractivity contribution is -0.175. The maximum absolute atomic E-state index is 10.5. The third kappa shape index (κ3) is 3.75. The van der Waals surface area contributed by atoms with Crippen LogP contribution in [0.5, 0.6) is 0 Å². The zero-order valence-electron chi connectivity index (χ0n) is 8.55. The minimum Gasteiger partial charge on any atom is -0.463 e. The van der Waals surface area contributed by atoms with Crippen LogP contribution in [0.15, 0.2) is 0 Å². The molecule has 4 atom stereocenters. The van der Waals surface area contributed by atoms with Crippen molar-refractivity contribution in [1.29, 1.82) is 0 Å². The lowest BCUT2D eigenvalue weighted by Gasteiger charge is -2.32. The molecule has 1 heterocycles. The number of rotatable bonds is 3. The van der Waals surface area contributed by atoms with Gasteiger partial charge in [0.05, 0.1) is 12.5 Å². The fourth-order valence-corrected chi connectivity index (χ4v) is 1.50. The average molecular weight is 221 g/mol. The highest BCUT2D eigenvalue weighted by Gasteiger charge is 2.36. The van der Waals surface area contributed by atoms with Crippen LogP contribution in [0.25, 0.3) is 0 Å². The summed E-state index contributed by atoms with van der Waals surface area (Å²) in [6.07, 6.45) is -2.90. The molecular weight excluding hydrogens is 204 g/mol. The van der Waals surface area contributed by atoms with Crippen LogP contribution in [0.2, 0.25) is 0 Å². The van der Waals surface area contributed by atoms with E-state index in [0.717, 1.165) is 0 Å². The van der Waals surface area contributed by atoms with Gasteiger partial charge in [-0.3, -0.25) is 4.79 Å². The van der Waals surface area contributed by atoms with Gasteiger partial charge in [0.25, 0.3) is 0 Å². The molecule has 0 bridgehead atoms. The summed E-state index contributed by atoms with van der Waals surface area (Å²) in [5, 5.41) is 26.4. The molecule has 0 aromatic rings. The Hall–Kier alpha value is -0.690. The Labute approximate surface area is 87.4 Å². The van der Waals surface area contributed by atoms with Crippen molar-refractivity contribution in [2.75, 3.05) is 13.2 Å². The normalized spacial score (nSPS) is 33.5. The van der Waals surface area contributed by atoms with E-state index in [1.165, 1.54) is 6.92 Å². The van der Waals surface area contributed by atoms with Gasteiger partial charge in [-0.25, -0.2) is 0 Å². The number of esters is 1. The zero-order chi connectivity index (χ0) is 11.4. The molecule has 0 spiro atoms. The van der Waals surface area contributed by atoms with E-state index in [0.29, 0.717) is 0 Å². The summed E-state index contributed by atoms with van der Waals surface area (Å²) in [7, 11) is 0. The van der Waals surface area contributed by atoms with E-state index in [-0.39, 0.29) is 19.6 Å². The van der Waals surface area contributed by atoms with Crippen LogP contribution in [0.3, 0.4) is 0 Å². The number of carbonyl (C=O) groups excluding carboxylic acids is 1. The van der Waals surface area contributed by atoms with Gasteiger partial charge in [-0.2, -0.15) is 0 Å². The Balaban J connectivity index is 2.38. The van der Waals surface area contributed by atoms with E-state index in [2.05, 4.69) is 4.74 Å². The van der Waals surface area contributed by atoms with Crippen LogP contribution >= 0.6 is 0 Å². The van der Waals surface area contributed by atoms with Gasteiger partial charge in [-0.1, -0.05) is 0 Å². The van der Waals surface area contributed by atoms with Crippen molar-refractivity contribution in [1.82, 2.24) is 0 Å². The third-order valence-corrected chi connectivity index (χ3v) is 2.23. The van der Waals surface area contributed by atoms with Crippen molar-refractivity contribution < 1.29 is 29.6 Å². The third-order valence-electron chi connectivity index (χ3n) is 2.23. The van der Waals surface area contributed by atoms with E-state index in [4.69, 9.17) is 9.84 Å². The molecule has 1 aliphatic heterocycles. The summed E-state index contributed by atoms with van der Waals surface area (Å²) in [6.45, 7) is 1.23. The average Bonchev–Trinajstić information content (AvgIpc) is 2.14. The van der Waals surface area contributed by atoms with Gasteiger partial charge in [-0.15, -0.1) is 0 Å². The Kier molecular flexibility index (Phi) is 4.46. The zero-order valence-corrected chi connectivity index (χ0v) is 8.55. The lowest BCUT2D eigenvalue weighted by Crippen LogP contribution is -2.49. The van der Waals surface area contributed by atoms with Crippen molar-refractivity contribution in [2.24, 2.45) is 0 Å². The van der Waals surface area contributed by atoms with Crippen molar-refractivity contribution in [3.8, 4) is 0 Å². The number of hydrogen-bond acceptors (Lipinski definition) is 5. The van der Waals surface area contributed by atoms with Crippen molar-refractivity contribution in [2.45, 2.75) is 37.8 Å². The Morgan fingerprint density at radius 3 is 2.93 bits per heavy atom. The molecule has 4 N–H and O–H groups in total. The maximum atomic E-state index is 10.5. The van der Waals surface area contributed by atoms with Gasteiger partial charge >= 0.3 is 5.97 Å². The van der Waals surface area contributed by atoms with E-state index >= 15 is 0 Å². The predicted molar refractivity (Wildman–Crippen MR) is 50.4 cm³/mol. The molecule has 0 radical (unpaired) electrons. The molecule has 1 saturated heterocycles. The fourth-order valence-electron chi connectivity index (χ4n) is 1.50. The fraction of sp³-hybridized carbons (Fsp3) is 0.889. The summed E-state index contributed by atoms with van der Waals surface area (Å²) < 4.78 is 9.72. The SMILES string of the molecule is CC(=O)OC[C@@H](O)[C@H]1OC[C@@H]([OH2+])CC1O. The maximum Gasteiger partial charge on any atom is 0.302 e. The molecule has 0 aliphatic carbocycles. The van der Waals surface area contributed by atoms with Gasteiger partial charge in [-0.05, 0) is 0 Å². The van der Waals surface area contributed by atoms with Gasteiger partial charge in [0, 0.05) is 6.92 Å². The monoisotopic (exact) mass is 221 g/mol. The largest absolute Gasteiger partial charge is 0.463 e. The number of aliphatic hydroxyl groups excluding tert-OH is 2. The molecule has 15 heavy (non-hydrogen) atoms. The first-order valence-electron chi connectivity index (χ1n) is 4.83. The quantitative estimate of drug-likeness (QED) is 0.430. The summed E-state index contributed by atoms with van der Waals surface area (Å²) >= 11 is 0. The van der Waals surface area contributed by atoms with Gasteiger partial charge in [0.1, 0.15) is 25.4 Å². The summed E-state index contributed by atoms with van der Waals surface area (Å²) in [6, 6.07) is 0. The second-order valence-corrected chi connectivity index (χ2v) is 3.67. The Morgan fingerprint density at radius 2 is 2.40 bits per heavy atom. The van der Waals surface area contributed by atoms with Crippen LogP contribution in [0.1, 0.15) is 13.3 Å². The van der Waals surface area contributed by atoms with Crippen LogP contribution in [0, 0.1) is 0 Å². The summed E-state index contributed by atoms with van der Waals surface area (Å²) in [5.41, 5.74) is 0. The summed E-state index contributed by atoms with van der Waals surface area (Å²) in [4.78, 5) is 10.5. The minimum absolute atomic E-state index is 0.179. The highest BCUT2D eigenvalue weighted by molar-refractivity contribution is 5.65. The predicted octanol–water partition coefficient (Wildman–Crippen LogP) is -1.85. The summed E-state index contributed by atoms with van der Waals surface area (Å²) in [5.74, 6) is -0.488. The van der Waals surface area contributed by atoms with Crippen LogP contribution in [-0.2, 0) is 14.3 Å². The minimum atomic E-state index is -1.04. The number of carbonyl (C=O) groups is 1. The van der Waals surface area contributed by atoms with Crippen molar-refractivity contribution in [3.05, 3.63) is 0 Å². The van der Waals surface area contributed by atoms with E-state index in [1.807, 2.05) is 0 Å². The molecule has 0 aromatic carbocycles. The second-order valence-electron chi connectivity index (χ2n) is 3.67. The molecule has 0 aromatic heterocycles. The Bertz CT molecular complexity index is 219. The lowest BCUT2D eigenvalue weighted by atomic mass is 10.00. The van der Waals surface area contributed by atoms with Gasteiger partial charge in [0.2, 0.25) is 0 Å². The smallest absolute Gasteiger partial charge is 0.302 e. The van der Waals surface area contributed by atoms with Crippen LogP contribution in [-0.4, -0.2) is 58.9 Å². The van der Waals surface area contributed by atoms with E-state index in [1.54, 1.807) is 0 Å². The topological polar surface area (TPSA) is 98.9 Å². The van der Waals surface area contributed by atoms with Crippen LogP contribution in [0.4, 0.5) is 0 Å². The van der Waals surface area contributed by atoms with Crippen molar-refractivity contribution >= 4 is 5.97 Å². The molecule has 0 amide bonds. The molecule has 1 fully saturated rings. The van der Waals surface area contributed by atoms with Gasteiger partial charge in [0.15, 0.2) is 6.10 Å². The first-order chi connectivity index (χ1) is 7.00. The van der Waals surface area contributed by atoms with Crippen LogP contribution < -0.4 is 0 Å². The first-order valence-corrected chi connectivity index (χ1v) is 4.83. The second kappa shape index (κ2) is 5.41. The first kappa shape index (κ1) is 12.4. The highest BCUT2D eigenvalue weighted by atomic mass is 16.6. The molecule has 1 rings (SSSR count). The van der Waals surface area contributed by atoms with E-state index in [9.17, 15) is 15.0 Å². The van der Waals surface area contributed by atoms with E-state index < -0.39 is 30.4 Å². The highest BCUT2D eigenvalue weighted by Crippen LogP contribution is 2.17. The molecule has 1 aliphatic rings. The number of hydrogen-bond donors (Lipinski definition) is 2. The Morgan fingerprint density at radius 1 is 1.73 bits per heavy atom. The molecule has 1 unspecified atom stereocenters. The standard InChI is InChI=1S/C9H16O6/c1-5(10)14-4-8(13)9-7(12)2-6(11)3-15-9/h6-9,11-13H,2-4H2,1H3/p+1/t6-,7?,8+,9-/m0/s1. The molecular formula is C9H17O6+. The van der Waals surface area contributed by atoms with Crippen molar-refractivity contribution in [3.63, 3.8) is 0 Å². The molecule has 6 heteroatoms. The molecule has 6 nitrogen and oxygen atoms in total. The van der Waals surface area contributed by atoms with Gasteiger partial charge < -0.3 is 24.8 Å². The molecule has 0 saturated carbocycles. The number of aliphatic hydroxyl groups is 2.